The molecule has 2 aromatic heterocycles. The van der Waals surface area contributed by atoms with Crippen LogP contribution in [-0.2, 0) is 4.74 Å². The minimum Gasteiger partial charge on any atom is -0.408 e. The van der Waals surface area contributed by atoms with Crippen LogP contribution in [0.25, 0.3) is 16.6 Å². The second-order valence-electron chi connectivity index (χ2n) is 8.34. The fourth-order valence-electron chi connectivity index (χ4n) is 4.13. The fourth-order valence-corrected chi connectivity index (χ4v) is 4.44. The van der Waals surface area contributed by atoms with Crippen molar-refractivity contribution in [2.24, 2.45) is 5.92 Å². The summed E-state index contributed by atoms with van der Waals surface area (Å²) in [6, 6.07) is 11.1. The molecule has 7 nitrogen and oxygen atoms in total. The van der Waals surface area contributed by atoms with Crippen molar-refractivity contribution in [3.8, 4) is 0 Å². The summed E-state index contributed by atoms with van der Waals surface area (Å²) in [5, 5.41) is 3.89. The van der Waals surface area contributed by atoms with Gasteiger partial charge < -0.3 is 14.9 Å². The van der Waals surface area contributed by atoms with Crippen molar-refractivity contribution in [2.75, 3.05) is 25.1 Å². The van der Waals surface area contributed by atoms with Gasteiger partial charge in [-0.2, -0.15) is 4.98 Å². The molecule has 3 heterocycles. The molecule has 1 fully saturated rings. The number of rotatable bonds is 6. The number of para-hydroxylation sites is 1. The first kappa shape index (κ1) is 22.6. The van der Waals surface area contributed by atoms with Gasteiger partial charge in [0.2, 0.25) is 5.95 Å². The topological polar surface area (TPSA) is 78.3 Å². The molecule has 2 aliphatic rings. The number of pyridine rings is 1. The predicted octanol–water partition coefficient (Wildman–Crippen LogP) is 4.99. The molecular formula is C25H24ClFN4O3. The third kappa shape index (κ3) is 4.69. The Morgan fingerprint density at radius 1 is 1.24 bits per heavy atom. The average Bonchev–Trinajstić information content (AvgIpc) is 2.85. The standard InChI is InChI=1S/C25H24ClFN4O3/c26-20-7-4-8-21(27)22(20)19-13-17-14-28-25(29-18-5-2-1-3-6-18)30-23(17)31(24(19)32)34-15-16-9-11-33-12-10-16/h1-3,5-7,13-14,16H,4,8-12,15H2,(H,28,29,30). The molecular weight excluding hydrogens is 459 g/mol. The van der Waals surface area contributed by atoms with E-state index in [0.29, 0.717) is 43.2 Å². The number of halogens is 2. The molecule has 1 N–H and O–H groups in total. The predicted molar refractivity (Wildman–Crippen MR) is 130 cm³/mol. The summed E-state index contributed by atoms with van der Waals surface area (Å²) in [6.45, 7) is 1.64. The van der Waals surface area contributed by atoms with Crippen LogP contribution in [0.2, 0.25) is 0 Å². The highest BCUT2D eigenvalue weighted by atomic mass is 35.5. The van der Waals surface area contributed by atoms with E-state index in [9.17, 15) is 9.18 Å². The summed E-state index contributed by atoms with van der Waals surface area (Å²) in [7, 11) is 0. The zero-order valence-corrected chi connectivity index (χ0v) is 19.2. The van der Waals surface area contributed by atoms with E-state index < -0.39 is 11.4 Å². The quantitative estimate of drug-likeness (QED) is 0.533. The summed E-state index contributed by atoms with van der Waals surface area (Å²) >= 11 is 6.32. The number of nitrogens with zero attached hydrogens (tertiary/aromatic N) is 3. The van der Waals surface area contributed by atoms with Gasteiger partial charge in [0.05, 0.1) is 5.56 Å². The zero-order valence-electron chi connectivity index (χ0n) is 18.5. The Balaban J connectivity index is 1.59. The van der Waals surface area contributed by atoms with E-state index in [2.05, 4.69) is 15.3 Å². The van der Waals surface area contributed by atoms with Gasteiger partial charge in [0.1, 0.15) is 12.4 Å². The monoisotopic (exact) mass is 482 g/mol. The van der Waals surface area contributed by atoms with Crippen molar-refractivity contribution >= 4 is 39.8 Å². The van der Waals surface area contributed by atoms with Crippen molar-refractivity contribution in [1.82, 2.24) is 14.7 Å². The van der Waals surface area contributed by atoms with E-state index in [1.54, 1.807) is 18.3 Å². The number of benzene rings is 1. The summed E-state index contributed by atoms with van der Waals surface area (Å²) in [6.07, 6.45) is 5.69. The van der Waals surface area contributed by atoms with Gasteiger partial charge in [-0.05, 0) is 43.4 Å². The number of nitrogens with one attached hydrogen (secondary N) is 1. The van der Waals surface area contributed by atoms with E-state index in [1.165, 1.54) is 0 Å². The Labute approximate surface area is 200 Å². The fraction of sp³-hybridized carbons (Fsp3) is 0.320. The molecule has 0 spiro atoms. The minimum atomic E-state index is -0.512. The molecule has 0 radical (unpaired) electrons. The number of aromatic nitrogens is 3. The molecule has 0 saturated carbocycles. The smallest absolute Gasteiger partial charge is 0.293 e. The number of hydrogen-bond acceptors (Lipinski definition) is 6. The molecule has 5 rings (SSSR count). The number of allylic oxidation sites excluding steroid dienone is 4. The molecule has 3 aromatic rings. The number of hydrogen-bond donors (Lipinski definition) is 1. The Morgan fingerprint density at radius 2 is 2.03 bits per heavy atom. The summed E-state index contributed by atoms with van der Waals surface area (Å²) in [5.74, 6) is 0.149. The molecule has 1 aliphatic carbocycles. The molecule has 0 amide bonds. The highest BCUT2D eigenvalue weighted by Crippen LogP contribution is 2.35. The van der Waals surface area contributed by atoms with Gasteiger partial charge >= 0.3 is 0 Å². The number of ether oxygens (including phenoxy) is 1. The molecule has 34 heavy (non-hydrogen) atoms. The average molecular weight is 483 g/mol. The number of anilines is 2. The third-order valence-corrected chi connectivity index (χ3v) is 6.32. The van der Waals surface area contributed by atoms with Crippen LogP contribution in [0.5, 0.6) is 0 Å². The summed E-state index contributed by atoms with van der Waals surface area (Å²) < 4.78 is 21.4. The van der Waals surface area contributed by atoms with Gasteiger partial charge in [0.15, 0.2) is 5.65 Å². The van der Waals surface area contributed by atoms with Crippen LogP contribution in [0.4, 0.5) is 16.0 Å². The Morgan fingerprint density at radius 3 is 2.79 bits per heavy atom. The highest BCUT2D eigenvalue weighted by molar-refractivity contribution is 6.37. The van der Waals surface area contributed by atoms with Gasteiger partial charge in [-0.25, -0.2) is 9.37 Å². The molecule has 176 valence electrons. The van der Waals surface area contributed by atoms with Gasteiger partial charge in [0, 0.05) is 47.5 Å². The molecule has 1 aliphatic heterocycles. The SMILES string of the molecule is O=c1c(C2=C(F)CCC=C2Cl)cc2cnc(Nc3ccccc3)nc2n1OCC1CCOCC1. The molecule has 1 aromatic carbocycles. The first-order valence-corrected chi connectivity index (χ1v) is 11.7. The highest BCUT2D eigenvalue weighted by Gasteiger charge is 2.24. The van der Waals surface area contributed by atoms with E-state index in [1.807, 2.05) is 30.3 Å². The lowest BCUT2D eigenvalue weighted by molar-refractivity contribution is 0.0151. The van der Waals surface area contributed by atoms with Gasteiger partial charge in [-0.1, -0.05) is 35.9 Å². The molecule has 0 atom stereocenters. The lowest BCUT2D eigenvalue weighted by Gasteiger charge is -2.23. The lowest BCUT2D eigenvalue weighted by atomic mass is 9.98. The van der Waals surface area contributed by atoms with Crippen LogP contribution in [0.1, 0.15) is 31.2 Å². The minimum absolute atomic E-state index is 0.106. The van der Waals surface area contributed by atoms with E-state index in [-0.39, 0.29) is 28.5 Å². The molecule has 0 bridgehead atoms. The van der Waals surface area contributed by atoms with Crippen molar-refractivity contribution < 1.29 is 14.0 Å². The van der Waals surface area contributed by atoms with Gasteiger partial charge in [-0.15, -0.1) is 4.73 Å². The van der Waals surface area contributed by atoms with Crippen LogP contribution in [0, 0.1) is 5.92 Å². The van der Waals surface area contributed by atoms with Crippen LogP contribution in [0.3, 0.4) is 0 Å². The second-order valence-corrected chi connectivity index (χ2v) is 8.75. The molecule has 1 saturated heterocycles. The molecule has 9 heteroatoms. The maximum Gasteiger partial charge on any atom is 0.293 e. The van der Waals surface area contributed by atoms with Crippen LogP contribution in [0.15, 0.2) is 64.3 Å². The lowest BCUT2D eigenvalue weighted by Crippen LogP contribution is -2.34. The van der Waals surface area contributed by atoms with Gasteiger partial charge in [-0.3, -0.25) is 4.79 Å². The van der Waals surface area contributed by atoms with Crippen molar-refractivity contribution in [1.29, 1.82) is 0 Å². The summed E-state index contributed by atoms with van der Waals surface area (Å²) in [4.78, 5) is 28.5. The Kier molecular flexibility index (Phi) is 6.60. The van der Waals surface area contributed by atoms with E-state index >= 15 is 0 Å². The van der Waals surface area contributed by atoms with Crippen LogP contribution in [-0.4, -0.2) is 34.5 Å². The second kappa shape index (κ2) is 9.95. The first-order chi connectivity index (χ1) is 16.6. The largest absolute Gasteiger partial charge is 0.408 e. The van der Waals surface area contributed by atoms with Crippen molar-refractivity contribution in [3.63, 3.8) is 0 Å². The maximum atomic E-state index is 14.8. The van der Waals surface area contributed by atoms with E-state index in [4.69, 9.17) is 21.2 Å². The zero-order chi connectivity index (χ0) is 23.5. The van der Waals surface area contributed by atoms with Crippen LogP contribution >= 0.6 is 11.6 Å². The molecule has 0 unspecified atom stereocenters. The third-order valence-electron chi connectivity index (χ3n) is 5.98. The van der Waals surface area contributed by atoms with Crippen molar-refractivity contribution in [3.05, 3.63) is 75.4 Å². The van der Waals surface area contributed by atoms with E-state index in [0.717, 1.165) is 23.3 Å². The first-order valence-electron chi connectivity index (χ1n) is 11.3. The maximum absolute atomic E-state index is 14.8. The van der Waals surface area contributed by atoms with Gasteiger partial charge in [0.25, 0.3) is 5.56 Å². The Hall–Kier alpha value is -3.23. The van der Waals surface area contributed by atoms with Crippen molar-refractivity contribution in [2.45, 2.75) is 25.7 Å². The normalized spacial score (nSPS) is 17.1. The number of fused-ring (bicyclic) bond motifs is 1. The Bertz CT molecular complexity index is 1320. The summed E-state index contributed by atoms with van der Waals surface area (Å²) in [5.41, 5.74) is 0.829. The van der Waals surface area contributed by atoms with Crippen LogP contribution < -0.4 is 15.7 Å².